The Hall–Kier alpha value is -2.34. The number of rotatable bonds is 4. The Labute approximate surface area is 141 Å². The van der Waals surface area contributed by atoms with Crippen LogP contribution in [0.3, 0.4) is 0 Å². The van der Waals surface area contributed by atoms with Crippen molar-refractivity contribution >= 4 is 23.3 Å². The number of nitrogens with zero attached hydrogens (tertiary/aromatic N) is 2. The number of halogens is 3. The molecule has 0 bridgehead atoms. The van der Waals surface area contributed by atoms with E-state index in [1.807, 2.05) is 6.07 Å². The SMILES string of the molecule is CP(C)(=O)c1cccc2c(-c3ccnc(OCC(F)(F)F)n3)c[nH]c12. The summed E-state index contributed by atoms with van der Waals surface area (Å²) >= 11 is 0. The highest BCUT2D eigenvalue weighted by atomic mass is 31.2. The maximum absolute atomic E-state index is 12.4. The predicted octanol–water partition coefficient (Wildman–Crippen LogP) is 3.81. The fraction of sp³-hybridized carbons (Fsp3) is 0.250. The fourth-order valence-electron chi connectivity index (χ4n) is 2.51. The van der Waals surface area contributed by atoms with E-state index in [4.69, 9.17) is 0 Å². The van der Waals surface area contributed by atoms with E-state index >= 15 is 0 Å². The molecule has 0 aliphatic carbocycles. The smallest absolute Gasteiger partial charge is 0.422 e. The molecular weight excluding hydrogens is 354 g/mol. The molecule has 0 spiro atoms. The summed E-state index contributed by atoms with van der Waals surface area (Å²) in [5.74, 6) is 0. The van der Waals surface area contributed by atoms with Crippen LogP contribution < -0.4 is 10.0 Å². The summed E-state index contributed by atoms with van der Waals surface area (Å²) < 4.78 is 53.8. The van der Waals surface area contributed by atoms with Gasteiger partial charge in [-0.25, -0.2) is 4.98 Å². The van der Waals surface area contributed by atoms with Gasteiger partial charge in [0.2, 0.25) is 0 Å². The normalized spacial score (nSPS) is 12.5. The van der Waals surface area contributed by atoms with Gasteiger partial charge in [0.25, 0.3) is 0 Å². The van der Waals surface area contributed by atoms with Gasteiger partial charge in [-0.2, -0.15) is 18.2 Å². The third-order valence-electron chi connectivity index (χ3n) is 3.55. The Balaban J connectivity index is 2.02. The average molecular weight is 369 g/mol. The lowest BCUT2D eigenvalue weighted by molar-refractivity contribution is -0.154. The maximum atomic E-state index is 12.4. The zero-order chi connectivity index (χ0) is 18.2. The van der Waals surface area contributed by atoms with Crippen LogP contribution in [-0.2, 0) is 4.57 Å². The summed E-state index contributed by atoms with van der Waals surface area (Å²) in [7, 11) is -2.49. The lowest BCUT2D eigenvalue weighted by Crippen LogP contribution is -2.20. The Bertz CT molecular complexity index is 963. The Morgan fingerprint density at radius 1 is 1.24 bits per heavy atom. The van der Waals surface area contributed by atoms with Gasteiger partial charge in [0.1, 0.15) is 7.14 Å². The van der Waals surface area contributed by atoms with E-state index < -0.39 is 19.9 Å². The number of benzene rings is 1. The molecule has 2 aromatic heterocycles. The van der Waals surface area contributed by atoms with Gasteiger partial charge in [-0.3, -0.25) is 0 Å². The molecule has 1 aromatic carbocycles. The minimum atomic E-state index is -4.46. The van der Waals surface area contributed by atoms with E-state index in [9.17, 15) is 17.7 Å². The third kappa shape index (κ3) is 3.85. The monoisotopic (exact) mass is 369 g/mol. The molecule has 0 atom stereocenters. The molecule has 0 fully saturated rings. The van der Waals surface area contributed by atoms with Crippen molar-refractivity contribution in [2.24, 2.45) is 0 Å². The summed E-state index contributed by atoms with van der Waals surface area (Å²) in [5, 5.41) is 1.49. The number of aromatic amines is 1. The highest BCUT2D eigenvalue weighted by Crippen LogP contribution is 2.39. The second kappa shape index (κ2) is 6.19. The summed E-state index contributed by atoms with van der Waals surface area (Å²) in [6.07, 6.45) is -1.45. The zero-order valence-corrected chi connectivity index (χ0v) is 14.4. The van der Waals surface area contributed by atoms with Crippen LogP contribution in [-0.4, -0.2) is 41.1 Å². The molecule has 0 amide bonds. The van der Waals surface area contributed by atoms with E-state index in [0.717, 1.165) is 10.9 Å². The van der Waals surface area contributed by atoms with Crippen molar-refractivity contribution in [1.29, 1.82) is 0 Å². The molecule has 0 saturated carbocycles. The van der Waals surface area contributed by atoms with Crippen molar-refractivity contribution < 1.29 is 22.5 Å². The highest BCUT2D eigenvalue weighted by molar-refractivity contribution is 7.70. The summed E-state index contributed by atoms with van der Waals surface area (Å²) in [4.78, 5) is 10.8. The number of ether oxygens (including phenoxy) is 1. The topological polar surface area (TPSA) is 67.9 Å². The lowest BCUT2D eigenvalue weighted by atomic mass is 10.1. The molecule has 0 saturated heterocycles. The molecule has 3 aromatic rings. The van der Waals surface area contributed by atoms with Gasteiger partial charge in [0.05, 0.1) is 11.2 Å². The highest BCUT2D eigenvalue weighted by Gasteiger charge is 2.29. The van der Waals surface area contributed by atoms with Crippen molar-refractivity contribution in [3.63, 3.8) is 0 Å². The van der Waals surface area contributed by atoms with E-state index in [1.165, 1.54) is 6.20 Å². The van der Waals surface area contributed by atoms with E-state index in [1.54, 1.807) is 37.7 Å². The average Bonchev–Trinajstić information content (AvgIpc) is 2.95. The molecule has 25 heavy (non-hydrogen) atoms. The van der Waals surface area contributed by atoms with E-state index in [0.29, 0.717) is 16.6 Å². The fourth-order valence-corrected chi connectivity index (χ4v) is 3.67. The number of para-hydroxylation sites is 1. The first-order valence-electron chi connectivity index (χ1n) is 7.34. The second-order valence-corrected chi connectivity index (χ2v) is 9.06. The van der Waals surface area contributed by atoms with Gasteiger partial charge in [-0.15, -0.1) is 0 Å². The number of nitrogens with one attached hydrogen (secondary N) is 1. The summed E-state index contributed by atoms with van der Waals surface area (Å²) in [6, 6.07) is 6.64. The molecule has 0 aliphatic heterocycles. The van der Waals surface area contributed by atoms with Gasteiger partial charge in [-0.1, -0.05) is 12.1 Å². The molecular formula is C16H15F3N3O2P. The lowest BCUT2D eigenvalue weighted by Gasteiger charge is -2.09. The molecule has 1 N–H and O–H groups in total. The van der Waals surface area contributed by atoms with Gasteiger partial charge >= 0.3 is 12.2 Å². The van der Waals surface area contributed by atoms with Crippen molar-refractivity contribution in [1.82, 2.24) is 15.0 Å². The first kappa shape index (κ1) is 17.5. The van der Waals surface area contributed by atoms with Gasteiger partial charge < -0.3 is 14.3 Å². The predicted molar refractivity (Wildman–Crippen MR) is 90.0 cm³/mol. The van der Waals surface area contributed by atoms with Crippen LogP contribution in [0.25, 0.3) is 22.2 Å². The van der Waals surface area contributed by atoms with Crippen molar-refractivity contribution in [2.45, 2.75) is 6.18 Å². The quantitative estimate of drug-likeness (QED) is 0.710. The van der Waals surface area contributed by atoms with Crippen LogP contribution in [0.2, 0.25) is 0 Å². The first-order chi connectivity index (χ1) is 11.6. The third-order valence-corrected chi connectivity index (χ3v) is 5.08. The number of H-pyrrole nitrogens is 1. The minimum absolute atomic E-state index is 0.350. The van der Waals surface area contributed by atoms with E-state index in [-0.39, 0.29) is 6.01 Å². The van der Waals surface area contributed by atoms with Gasteiger partial charge in [-0.05, 0) is 25.5 Å². The number of hydrogen-bond acceptors (Lipinski definition) is 4. The van der Waals surface area contributed by atoms with Crippen LogP contribution >= 0.6 is 7.14 Å². The minimum Gasteiger partial charge on any atom is -0.454 e. The van der Waals surface area contributed by atoms with Crippen LogP contribution in [0.4, 0.5) is 13.2 Å². The summed E-state index contributed by atoms with van der Waals surface area (Å²) in [5.41, 5.74) is 1.81. The number of alkyl halides is 3. The zero-order valence-electron chi connectivity index (χ0n) is 13.5. The second-order valence-electron chi connectivity index (χ2n) is 5.88. The number of hydrogen-bond donors (Lipinski definition) is 1. The molecule has 0 radical (unpaired) electrons. The van der Waals surface area contributed by atoms with Crippen molar-refractivity contribution in [2.75, 3.05) is 19.9 Å². The van der Waals surface area contributed by atoms with Crippen molar-refractivity contribution in [3.05, 3.63) is 36.7 Å². The van der Waals surface area contributed by atoms with E-state index in [2.05, 4.69) is 19.7 Å². The Morgan fingerprint density at radius 3 is 2.68 bits per heavy atom. The van der Waals surface area contributed by atoms with Crippen molar-refractivity contribution in [3.8, 4) is 17.3 Å². The van der Waals surface area contributed by atoms with Crippen LogP contribution in [0.15, 0.2) is 36.7 Å². The number of aromatic nitrogens is 3. The molecule has 3 rings (SSSR count). The summed E-state index contributed by atoms with van der Waals surface area (Å²) in [6.45, 7) is 1.90. The molecule has 0 aliphatic rings. The van der Waals surface area contributed by atoms with Gasteiger partial charge in [0.15, 0.2) is 6.61 Å². The van der Waals surface area contributed by atoms with Gasteiger partial charge in [0, 0.05) is 28.6 Å². The first-order valence-corrected chi connectivity index (χ1v) is 9.94. The molecule has 0 unspecified atom stereocenters. The number of fused-ring (bicyclic) bond motifs is 1. The Morgan fingerprint density at radius 2 is 2.00 bits per heavy atom. The van der Waals surface area contributed by atoms with Crippen LogP contribution in [0.1, 0.15) is 0 Å². The van der Waals surface area contributed by atoms with Crippen LogP contribution in [0.5, 0.6) is 6.01 Å². The maximum Gasteiger partial charge on any atom is 0.422 e. The molecule has 132 valence electrons. The van der Waals surface area contributed by atoms with Crippen LogP contribution in [0, 0.1) is 0 Å². The largest absolute Gasteiger partial charge is 0.454 e. The standard InChI is InChI=1S/C16H15F3N3O2P/c1-25(2,23)13-5-3-4-10-11(8-21-14(10)13)12-6-7-20-15(22-12)24-9-16(17,18)19/h3-8,21H,9H2,1-2H3. The molecule has 9 heteroatoms. The Kier molecular flexibility index (Phi) is 4.33. The molecule has 2 heterocycles. The molecule has 5 nitrogen and oxygen atoms in total.